The van der Waals surface area contributed by atoms with Gasteiger partial charge in [0.15, 0.2) is 5.84 Å². The molecular weight excluding hydrogens is 254 g/mol. The topological polar surface area (TPSA) is 78.0 Å². The molecular formula is C14H23N5O. The number of rotatable bonds is 3. The minimum Gasteiger partial charge on any atom is -0.409 e. The molecule has 1 aromatic heterocycles. The fourth-order valence-electron chi connectivity index (χ4n) is 2.72. The first-order valence-corrected chi connectivity index (χ1v) is 7.04. The highest BCUT2D eigenvalue weighted by atomic mass is 16.4. The summed E-state index contributed by atoms with van der Waals surface area (Å²) in [5, 5.41) is 11.8. The monoisotopic (exact) mass is 277 g/mol. The summed E-state index contributed by atoms with van der Waals surface area (Å²) in [5.74, 6) is 0.0480. The second-order valence-corrected chi connectivity index (χ2v) is 5.26. The predicted octanol–water partition coefficient (Wildman–Crippen LogP) is 1.10. The Kier molecular flexibility index (Phi) is 4.79. The highest BCUT2D eigenvalue weighted by molar-refractivity contribution is 5.95. The number of aromatic nitrogens is 1. The van der Waals surface area contributed by atoms with Crippen molar-refractivity contribution in [3.05, 3.63) is 24.0 Å². The third-order valence-corrected chi connectivity index (χ3v) is 3.82. The molecule has 110 valence electrons. The molecule has 0 amide bonds. The maximum Gasteiger partial charge on any atom is 0.188 e. The number of pyridine rings is 1. The van der Waals surface area contributed by atoms with Crippen molar-refractivity contribution in [1.29, 1.82) is 0 Å². The first kappa shape index (κ1) is 14.6. The van der Waals surface area contributed by atoms with Crippen molar-refractivity contribution < 1.29 is 5.21 Å². The van der Waals surface area contributed by atoms with Crippen molar-refractivity contribution in [1.82, 2.24) is 9.88 Å². The maximum atomic E-state index is 8.77. The number of hydrogen-bond acceptors (Lipinski definition) is 5. The third kappa shape index (κ3) is 3.19. The highest BCUT2D eigenvalue weighted by Gasteiger charge is 2.22. The number of amidine groups is 1. The maximum absolute atomic E-state index is 8.77. The largest absolute Gasteiger partial charge is 0.409 e. The van der Waals surface area contributed by atoms with E-state index >= 15 is 0 Å². The van der Waals surface area contributed by atoms with Crippen LogP contribution in [0.2, 0.25) is 0 Å². The van der Waals surface area contributed by atoms with Crippen molar-refractivity contribution in [3.8, 4) is 0 Å². The summed E-state index contributed by atoms with van der Waals surface area (Å²) in [6.07, 6.45) is 3.93. The molecule has 0 saturated carbocycles. The van der Waals surface area contributed by atoms with Crippen LogP contribution in [0.4, 0.5) is 5.69 Å². The van der Waals surface area contributed by atoms with E-state index in [-0.39, 0.29) is 5.84 Å². The second kappa shape index (κ2) is 6.56. The lowest BCUT2D eigenvalue weighted by atomic mass is 10.1. The van der Waals surface area contributed by atoms with Crippen LogP contribution in [0.3, 0.4) is 0 Å². The Hall–Kier alpha value is -1.82. The molecule has 1 atom stereocenters. The Labute approximate surface area is 119 Å². The van der Waals surface area contributed by atoms with Crippen LogP contribution in [0, 0.1) is 0 Å². The molecule has 2 heterocycles. The van der Waals surface area contributed by atoms with E-state index in [1.54, 1.807) is 6.20 Å². The number of nitrogens with two attached hydrogens (primary N) is 1. The van der Waals surface area contributed by atoms with E-state index in [1.807, 2.05) is 12.1 Å². The number of nitrogens with zero attached hydrogens (tertiary/aromatic N) is 4. The molecule has 1 aromatic rings. The van der Waals surface area contributed by atoms with Crippen LogP contribution >= 0.6 is 0 Å². The Balaban J connectivity index is 2.28. The Morgan fingerprint density at radius 1 is 1.55 bits per heavy atom. The number of oxime groups is 1. The van der Waals surface area contributed by atoms with Gasteiger partial charge in [0, 0.05) is 31.0 Å². The zero-order chi connectivity index (χ0) is 14.5. The molecule has 0 aliphatic carbocycles. The lowest BCUT2D eigenvalue weighted by Crippen LogP contribution is -2.40. The van der Waals surface area contributed by atoms with E-state index in [0.717, 1.165) is 38.2 Å². The average Bonchev–Trinajstić information content (AvgIpc) is 2.67. The zero-order valence-corrected chi connectivity index (χ0v) is 12.2. The van der Waals surface area contributed by atoms with Crippen LogP contribution in [0.25, 0.3) is 0 Å². The summed E-state index contributed by atoms with van der Waals surface area (Å²) in [4.78, 5) is 8.92. The Morgan fingerprint density at radius 2 is 2.35 bits per heavy atom. The summed E-state index contributed by atoms with van der Waals surface area (Å²) in [7, 11) is 2.17. The van der Waals surface area contributed by atoms with Crippen molar-refractivity contribution in [2.24, 2.45) is 10.9 Å². The van der Waals surface area contributed by atoms with Gasteiger partial charge in [0.25, 0.3) is 0 Å². The number of anilines is 1. The molecule has 6 nitrogen and oxygen atoms in total. The molecule has 6 heteroatoms. The zero-order valence-electron chi connectivity index (χ0n) is 12.2. The second-order valence-electron chi connectivity index (χ2n) is 5.26. The summed E-state index contributed by atoms with van der Waals surface area (Å²) in [5.41, 5.74) is 7.22. The van der Waals surface area contributed by atoms with Gasteiger partial charge in [-0.25, -0.2) is 0 Å². The standard InChI is InChI=1S/C14H23N5O/c1-3-11-10-18(2)7-4-8-19(11)12-5-6-16-13(9-12)14(15)17-20/h5-6,9,11,20H,3-4,7-8,10H2,1-2H3,(H2,15,17). The molecule has 0 aromatic carbocycles. The summed E-state index contributed by atoms with van der Waals surface area (Å²) < 4.78 is 0. The average molecular weight is 277 g/mol. The van der Waals surface area contributed by atoms with Gasteiger partial charge in [0.05, 0.1) is 0 Å². The van der Waals surface area contributed by atoms with Crippen LogP contribution < -0.4 is 10.6 Å². The van der Waals surface area contributed by atoms with E-state index in [2.05, 4.69) is 33.9 Å². The Bertz CT molecular complexity index is 476. The fourth-order valence-corrected chi connectivity index (χ4v) is 2.72. The lowest BCUT2D eigenvalue weighted by Gasteiger charge is -2.32. The van der Waals surface area contributed by atoms with Crippen LogP contribution in [0.5, 0.6) is 0 Å². The van der Waals surface area contributed by atoms with Gasteiger partial charge < -0.3 is 20.7 Å². The van der Waals surface area contributed by atoms with Gasteiger partial charge in [0.1, 0.15) is 5.69 Å². The Morgan fingerprint density at radius 3 is 3.05 bits per heavy atom. The molecule has 1 unspecified atom stereocenters. The van der Waals surface area contributed by atoms with Crippen molar-refractivity contribution >= 4 is 11.5 Å². The van der Waals surface area contributed by atoms with Gasteiger partial charge in [-0.15, -0.1) is 0 Å². The molecule has 1 saturated heterocycles. The quantitative estimate of drug-likeness (QED) is 0.374. The first-order valence-electron chi connectivity index (χ1n) is 7.04. The SMILES string of the molecule is CCC1CN(C)CCCN1c1ccnc(/C(N)=N/O)c1. The molecule has 0 spiro atoms. The summed E-state index contributed by atoms with van der Waals surface area (Å²) >= 11 is 0. The summed E-state index contributed by atoms with van der Waals surface area (Å²) in [6, 6.07) is 4.36. The van der Waals surface area contributed by atoms with E-state index in [9.17, 15) is 0 Å². The molecule has 1 fully saturated rings. The lowest BCUT2D eigenvalue weighted by molar-refractivity contribution is 0.318. The smallest absolute Gasteiger partial charge is 0.188 e. The molecule has 2 rings (SSSR count). The molecule has 0 radical (unpaired) electrons. The van der Waals surface area contributed by atoms with Crippen LogP contribution in [-0.4, -0.2) is 53.7 Å². The fraction of sp³-hybridized carbons (Fsp3) is 0.571. The van der Waals surface area contributed by atoms with Crippen LogP contribution in [-0.2, 0) is 0 Å². The highest BCUT2D eigenvalue weighted by Crippen LogP contribution is 2.22. The van der Waals surface area contributed by atoms with Gasteiger partial charge in [-0.3, -0.25) is 4.98 Å². The van der Waals surface area contributed by atoms with Gasteiger partial charge in [-0.1, -0.05) is 12.1 Å². The minimum atomic E-state index is 0.0480. The molecule has 20 heavy (non-hydrogen) atoms. The van der Waals surface area contributed by atoms with Crippen molar-refractivity contribution in [2.75, 3.05) is 31.6 Å². The first-order chi connectivity index (χ1) is 9.65. The van der Waals surface area contributed by atoms with E-state index in [1.165, 1.54) is 0 Å². The predicted molar refractivity (Wildman–Crippen MR) is 80.3 cm³/mol. The van der Waals surface area contributed by atoms with E-state index in [0.29, 0.717) is 11.7 Å². The number of likely N-dealkylation sites (N-methyl/N-ethyl adjacent to an activating group) is 1. The van der Waals surface area contributed by atoms with E-state index in [4.69, 9.17) is 10.9 Å². The molecule has 0 bridgehead atoms. The minimum absolute atomic E-state index is 0.0480. The van der Waals surface area contributed by atoms with Crippen LogP contribution in [0.15, 0.2) is 23.5 Å². The van der Waals surface area contributed by atoms with Gasteiger partial charge in [0.2, 0.25) is 0 Å². The van der Waals surface area contributed by atoms with Gasteiger partial charge >= 0.3 is 0 Å². The number of hydrogen-bond donors (Lipinski definition) is 2. The van der Waals surface area contributed by atoms with Crippen LogP contribution in [0.1, 0.15) is 25.5 Å². The molecule has 3 N–H and O–H groups in total. The summed E-state index contributed by atoms with van der Waals surface area (Å²) in [6.45, 7) is 5.40. The third-order valence-electron chi connectivity index (χ3n) is 3.82. The molecule has 1 aliphatic heterocycles. The normalized spacial score (nSPS) is 21.8. The molecule has 1 aliphatic rings. The van der Waals surface area contributed by atoms with Gasteiger partial charge in [-0.05, 0) is 38.6 Å². The van der Waals surface area contributed by atoms with Crippen molar-refractivity contribution in [3.63, 3.8) is 0 Å². The van der Waals surface area contributed by atoms with Gasteiger partial charge in [-0.2, -0.15) is 0 Å². The van der Waals surface area contributed by atoms with Crippen molar-refractivity contribution in [2.45, 2.75) is 25.8 Å². The van der Waals surface area contributed by atoms with E-state index < -0.39 is 0 Å².